The number of nitriles is 1. The average Bonchev–Trinajstić information content (AvgIpc) is 2.61. The Morgan fingerprint density at radius 3 is 2.31 bits per heavy atom. The van der Waals surface area contributed by atoms with Gasteiger partial charge in [-0.25, -0.2) is 0 Å². The van der Waals surface area contributed by atoms with E-state index >= 15 is 0 Å². The van der Waals surface area contributed by atoms with E-state index in [0.29, 0.717) is 22.4 Å². The van der Waals surface area contributed by atoms with Crippen LogP contribution in [0.15, 0.2) is 24.3 Å². The Hall–Kier alpha value is -1.49. The molecule has 0 saturated heterocycles. The van der Waals surface area contributed by atoms with Gasteiger partial charge in [0.05, 0.1) is 11.6 Å². The highest BCUT2D eigenvalue weighted by atomic mass is 15.0. The van der Waals surface area contributed by atoms with Gasteiger partial charge in [0.2, 0.25) is 0 Å². The third-order valence-corrected chi connectivity index (χ3v) is 4.32. The Bertz CT molecular complexity index is 438. The second-order valence-corrected chi connectivity index (χ2v) is 5.71. The Labute approximate surface area is 97.3 Å². The lowest BCUT2D eigenvalue weighted by atomic mass is 10.0. The van der Waals surface area contributed by atoms with Crippen molar-refractivity contribution < 1.29 is 0 Å². The van der Waals surface area contributed by atoms with Gasteiger partial charge in [0.25, 0.3) is 0 Å². The molecule has 0 unspecified atom stereocenters. The number of nitrogens with one attached hydrogen (secondary N) is 1. The predicted molar refractivity (Wildman–Crippen MR) is 66.1 cm³/mol. The molecule has 1 aliphatic rings. The molecule has 1 N–H and O–H groups in total. The van der Waals surface area contributed by atoms with Crippen molar-refractivity contribution in [3.05, 3.63) is 29.8 Å². The van der Waals surface area contributed by atoms with Crippen LogP contribution in [0.4, 0.5) is 5.69 Å². The largest absolute Gasteiger partial charge is 0.381 e. The Kier molecular flexibility index (Phi) is 2.24. The lowest BCUT2D eigenvalue weighted by Crippen LogP contribution is -2.09. The predicted octanol–water partition coefficient (Wildman–Crippen LogP) is 3.40. The molecule has 0 aromatic heterocycles. The van der Waals surface area contributed by atoms with Gasteiger partial charge in [0, 0.05) is 11.7 Å². The first kappa shape index (κ1) is 11.0. The number of hydrogen-bond donors (Lipinski definition) is 1. The molecule has 0 bridgehead atoms. The molecule has 1 aliphatic carbocycles. The van der Waals surface area contributed by atoms with Crippen molar-refractivity contribution in [2.24, 2.45) is 10.8 Å². The molecule has 2 rings (SSSR count). The van der Waals surface area contributed by atoms with E-state index in [0.717, 1.165) is 5.69 Å². The Balaban J connectivity index is 2.15. The normalized spacial score (nSPS) is 21.2. The van der Waals surface area contributed by atoms with Gasteiger partial charge < -0.3 is 5.32 Å². The minimum absolute atomic E-state index is 0.315. The van der Waals surface area contributed by atoms with E-state index < -0.39 is 0 Å². The highest BCUT2D eigenvalue weighted by Gasteiger charge is 2.64. The van der Waals surface area contributed by atoms with E-state index in [1.54, 1.807) is 0 Å². The molecule has 84 valence electrons. The maximum absolute atomic E-state index is 8.84. The number of benzene rings is 1. The standard InChI is InChI=1S/C14H18N2/c1-13(2)12(14(13,3)4)16-11-7-5-6-10(8-11)9-15/h5-8,12,16H,1-4H3. The molecule has 1 aromatic carbocycles. The van der Waals surface area contributed by atoms with Gasteiger partial charge in [0.15, 0.2) is 0 Å². The zero-order valence-electron chi connectivity index (χ0n) is 10.3. The van der Waals surface area contributed by atoms with Gasteiger partial charge >= 0.3 is 0 Å². The van der Waals surface area contributed by atoms with Crippen molar-refractivity contribution in [1.82, 2.24) is 0 Å². The minimum atomic E-state index is 0.315. The summed E-state index contributed by atoms with van der Waals surface area (Å²) in [6, 6.07) is 10.3. The third-order valence-electron chi connectivity index (χ3n) is 4.32. The summed E-state index contributed by atoms with van der Waals surface area (Å²) in [7, 11) is 0. The van der Waals surface area contributed by atoms with E-state index in [9.17, 15) is 0 Å². The van der Waals surface area contributed by atoms with Crippen molar-refractivity contribution in [3.8, 4) is 6.07 Å². The van der Waals surface area contributed by atoms with Gasteiger partial charge in [0.1, 0.15) is 0 Å². The first-order chi connectivity index (χ1) is 7.39. The first-order valence-electron chi connectivity index (χ1n) is 5.66. The van der Waals surface area contributed by atoms with Crippen LogP contribution >= 0.6 is 0 Å². The van der Waals surface area contributed by atoms with E-state index in [4.69, 9.17) is 5.26 Å². The maximum atomic E-state index is 8.84. The van der Waals surface area contributed by atoms with Gasteiger partial charge in [-0.15, -0.1) is 0 Å². The molecular weight excluding hydrogens is 196 g/mol. The summed E-state index contributed by atoms with van der Waals surface area (Å²) in [5.41, 5.74) is 2.38. The van der Waals surface area contributed by atoms with Crippen LogP contribution < -0.4 is 5.32 Å². The van der Waals surface area contributed by atoms with Gasteiger partial charge in [-0.05, 0) is 29.0 Å². The molecule has 0 atom stereocenters. The summed E-state index contributed by atoms with van der Waals surface area (Å²) in [5.74, 6) is 0. The van der Waals surface area contributed by atoms with Crippen LogP contribution in [0.5, 0.6) is 0 Å². The van der Waals surface area contributed by atoms with Crippen LogP contribution in [0.3, 0.4) is 0 Å². The van der Waals surface area contributed by atoms with E-state index in [-0.39, 0.29) is 0 Å². The molecule has 0 spiro atoms. The molecule has 0 aliphatic heterocycles. The number of rotatable bonds is 2. The fourth-order valence-electron chi connectivity index (χ4n) is 2.40. The van der Waals surface area contributed by atoms with Crippen LogP contribution in [0.1, 0.15) is 33.3 Å². The van der Waals surface area contributed by atoms with Crippen molar-refractivity contribution in [2.75, 3.05) is 5.32 Å². The molecule has 0 amide bonds. The fourth-order valence-corrected chi connectivity index (χ4v) is 2.40. The van der Waals surface area contributed by atoms with Crippen LogP contribution in [0, 0.1) is 22.2 Å². The molecule has 1 saturated carbocycles. The first-order valence-corrected chi connectivity index (χ1v) is 5.66. The van der Waals surface area contributed by atoms with E-state index in [1.165, 1.54) is 0 Å². The second kappa shape index (κ2) is 3.25. The minimum Gasteiger partial charge on any atom is -0.381 e. The summed E-state index contributed by atoms with van der Waals surface area (Å²) in [4.78, 5) is 0. The molecule has 0 radical (unpaired) electrons. The van der Waals surface area contributed by atoms with Crippen LogP contribution in [0.25, 0.3) is 0 Å². The smallest absolute Gasteiger partial charge is 0.0992 e. The Morgan fingerprint density at radius 1 is 1.19 bits per heavy atom. The van der Waals surface area contributed by atoms with Gasteiger partial charge in [-0.3, -0.25) is 0 Å². The molecule has 2 heteroatoms. The lowest BCUT2D eigenvalue weighted by molar-refractivity contribution is 0.457. The highest BCUT2D eigenvalue weighted by molar-refractivity contribution is 5.52. The SMILES string of the molecule is CC1(C)C(Nc2cccc(C#N)c2)C1(C)C. The van der Waals surface area contributed by atoms with Crippen molar-refractivity contribution in [3.63, 3.8) is 0 Å². The molecule has 16 heavy (non-hydrogen) atoms. The van der Waals surface area contributed by atoms with Crippen LogP contribution in [-0.4, -0.2) is 6.04 Å². The topological polar surface area (TPSA) is 35.8 Å². The maximum Gasteiger partial charge on any atom is 0.0992 e. The van der Waals surface area contributed by atoms with Crippen LogP contribution in [0.2, 0.25) is 0 Å². The average molecular weight is 214 g/mol. The van der Waals surface area contributed by atoms with E-state index in [2.05, 4.69) is 39.1 Å². The zero-order valence-corrected chi connectivity index (χ0v) is 10.3. The molecule has 2 nitrogen and oxygen atoms in total. The van der Waals surface area contributed by atoms with Crippen molar-refractivity contribution in [2.45, 2.75) is 33.7 Å². The highest BCUT2D eigenvalue weighted by Crippen LogP contribution is 2.63. The van der Waals surface area contributed by atoms with Gasteiger partial charge in [-0.1, -0.05) is 33.8 Å². The Morgan fingerprint density at radius 2 is 1.81 bits per heavy atom. The van der Waals surface area contributed by atoms with Crippen molar-refractivity contribution in [1.29, 1.82) is 5.26 Å². The molecule has 1 fully saturated rings. The zero-order chi connectivity index (χ0) is 12.0. The third kappa shape index (κ3) is 1.48. The van der Waals surface area contributed by atoms with Gasteiger partial charge in [-0.2, -0.15) is 5.26 Å². The monoisotopic (exact) mass is 214 g/mol. The lowest BCUT2D eigenvalue weighted by Gasteiger charge is -2.08. The summed E-state index contributed by atoms with van der Waals surface area (Å²) in [6.07, 6.45) is 0. The van der Waals surface area contributed by atoms with E-state index in [1.807, 2.05) is 24.3 Å². The summed E-state index contributed by atoms with van der Waals surface area (Å²) in [6.45, 7) is 9.11. The molecular formula is C14H18N2. The number of anilines is 1. The summed E-state index contributed by atoms with van der Waals surface area (Å²) in [5, 5.41) is 12.4. The molecule has 0 heterocycles. The summed E-state index contributed by atoms with van der Waals surface area (Å²) < 4.78 is 0. The van der Waals surface area contributed by atoms with Crippen LogP contribution in [-0.2, 0) is 0 Å². The number of hydrogen-bond acceptors (Lipinski definition) is 2. The quantitative estimate of drug-likeness (QED) is 0.819. The second-order valence-electron chi connectivity index (χ2n) is 5.71. The van der Waals surface area contributed by atoms with Crippen molar-refractivity contribution >= 4 is 5.69 Å². The fraction of sp³-hybridized carbons (Fsp3) is 0.500. The summed E-state index contributed by atoms with van der Waals surface area (Å²) >= 11 is 0. The number of nitrogens with zero attached hydrogens (tertiary/aromatic N) is 1. The molecule has 1 aromatic rings.